The van der Waals surface area contributed by atoms with E-state index in [0.717, 1.165) is 11.0 Å². The number of halogens is 4. The predicted molar refractivity (Wildman–Crippen MR) is 70.1 cm³/mol. The molecule has 1 fully saturated rings. The molecule has 0 spiro atoms. The van der Waals surface area contributed by atoms with Crippen molar-refractivity contribution in [3.8, 4) is 0 Å². The highest BCUT2D eigenvalue weighted by Crippen LogP contribution is 2.29. The van der Waals surface area contributed by atoms with Crippen LogP contribution in [0, 0.1) is 5.82 Å². The zero-order valence-corrected chi connectivity index (χ0v) is 11.1. The number of nitrogens with two attached hydrogens (primary N) is 1. The lowest BCUT2D eigenvalue weighted by molar-refractivity contribution is -0.149. The lowest BCUT2D eigenvalue weighted by Gasteiger charge is -2.22. The van der Waals surface area contributed by atoms with Crippen molar-refractivity contribution in [1.29, 1.82) is 0 Å². The average molecular weight is 305 g/mol. The van der Waals surface area contributed by atoms with Gasteiger partial charge in [0, 0.05) is 11.7 Å². The van der Waals surface area contributed by atoms with E-state index in [4.69, 9.17) is 5.73 Å². The number of nitrogens with one attached hydrogen (secondary N) is 1. The standard InChI is InChI=1S/C13H15F4N3O/c14-10-4-1-8(5-11(10)18)19-12(21)6-20(9-2-3-9)7-13(15,16)17/h1,4-5,9H,2-3,6-7,18H2,(H,19,21). The molecule has 1 saturated carbocycles. The molecule has 1 aliphatic carbocycles. The van der Waals surface area contributed by atoms with Crippen molar-refractivity contribution in [3.05, 3.63) is 24.0 Å². The van der Waals surface area contributed by atoms with Crippen LogP contribution in [-0.4, -0.2) is 36.1 Å². The van der Waals surface area contributed by atoms with E-state index >= 15 is 0 Å². The first kappa shape index (κ1) is 15.6. The molecule has 1 aromatic carbocycles. The quantitative estimate of drug-likeness (QED) is 0.648. The van der Waals surface area contributed by atoms with Crippen molar-refractivity contribution in [1.82, 2.24) is 4.90 Å². The molecule has 8 heteroatoms. The fraction of sp³-hybridized carbons (Fsp3) is 0.462. The average Bonchev–Trinajstić information content (AvgIpc) is 3.15. The molecule has 21 heavy (non-hydrogen) atoms. The molecule has 0 atom stereocenters. The highest BCUT2D eigenvalue weighted by Gasteiger charge is 2.38. The van der Waals surface area contributed by atoms with Gasteiger partial charge in [0.15, 0.2) is 0 Å². The molecule has 0 aromatic heterocycles. The molecule has 0 unspecified atom stereocenters. The van der Waals surface area contributed by atoms with Crippen LogP contribution in [0.2, 0.25) is 0 Å². The van der Waals surface area contributed by atoms with Gasteiger partial charge in [-0.3, -0.25) is 9.69 Å². The van der Waals surface area contributed by atoms with Crippen LogP contribution >= 0.6 is 0 Å². The van der Waals surface area contributed by atoms with Crippen LogP contribution in [0.15, 0.2) is 18.2 Å². The number of nitrogen functional groups attached to an aromatic ring is 1. The highest BCUT2D eigenvalue weighted by atomic mass is 19.4. The number of amides is 1. The predicted octanol–water partition coefficient (Wildman–Crippen LogP) is 2.37. The van der Waals surface area contributed by atoms with Crippen molar-refractivity contribution in [3.63, 3.8) is 0 Å². The minimum Gasteiger partial charge on any atom is -0.396 e. The Morgan fingerprint density at radius 1 is 1.38 bits per heavy atom. The molecule has 2 rings (SSSR count). The van der Waals surface area contributed by atoms with Gasteiger partial charge in [0.05, 0.1) is 18.8 Å². The maximum absolute atomic E-state index is 13.0. The number of carbonyl (C=O) groups is 1. The summed E-state index contributed by atoms with van der Waals surface area (Å²) in [5, 5.41) is 2.41. The van der Waals surface area contributed by atoms with Crippen molar-refractivity contribution >= 4 is 17.3 Å². The summed E-state index contributed by atoms with van der Waals surface area (Å²) in [5.74, 6) is -1.21. The number of anilines is 2. The van der Waals surface area contributed by atoms with Crippen LogP contribution < -0.4 is 11.1 Å². The number of benzene rings is 1. The first-order chi connectivity index (χ1) is 9.74. The Bertz CT molecular complexity index is 529. The Balaban J connectivity index is 1.94. The molecular formula is C13H15F4N3O. The fourth-order valence-corrected chi connectivity index (χ4v) is 1.99. The summed E-state index contributed by atoms with van der Waals surface area (Å²) in [6, 6.07) is 3.41. The van der Waals surface area contributed by atoms with Crippen LogP contribution in [-0.2, 0) is 4.79 Å². The van der Waals surface area contributed by atoms with E-state index in [2.05, 4.69) is 5.32 Å². The zero-order chi connectivity index (χ0) is 15.6. The number of carbonyl (C=O) groups excluding carboxylic acids is 1. The van der Waals surface area contributed by atoms with Crippen molar-refractivity contribution in [2.75, 3.05) is 24.1 Å². The Hall–Kier alpha value is -1.83. The van der Waals surface area contributed by atoms with E-state index in [1.807, 2.05) is 0 Å². The first-order valence-electron chi connectivity index (χ1n) is 6.40. The third kappa shape index (κ3) is 4.89. The maximum atomic E-state index is 13.0. The molecular weight excluding hydrogens is 290 g/mol. The Kier molecular flexibility index (Phi) is 4.36. The molecule has 1 amide bonds. The summed E-state index contributed by atoms with van der Waals surface area (Å²) in [6.07, 6.45) is -3.02. The van der Waals surface area contributed by atoms with Gasteiger partial charge in [0.1, 0.15) is 5.82 Å². The van der Waals surface area contributed by atoms with E-state index in [9.17, 15) is 22.4 Å². The molecule has 0 heterocycles. The van der Waals surface area contributed by atoms with Gasteiger partial charge in [0.25, 0.3) is 0 Å². The summed E-state index contributed by atoms with van der Waals surface area (Å²) in [4.78, 5) is 12.9. The van der Waals surface area contributed by atoms with Gasteiger partial charge in [-0.15, -0.1) is 0 Å². The minimum absolute atomic E-state index is 0.137. The van der Waals surface area contributed by atoms with Gasteiger partial charge in [-0.05, 0) is 31.0 Å². The van der Waals surface area contributed by atoms with Crippen LogP contribution in [0.4, 0.5) is 28.9 Å². The second kappa shape index (κ2) is 5.88. The summed E-state index contributed by atoms with van der Waals surface area (Å²) >= 11 is 0. The molecule has 0 aliphatic heterocycles. The van der Waals surface area contributed by atoms with E-state index in [1.54, 1.807) is 0 Å². The monoisotopic (exact) mass is 305 g/mol. The lowest BCUT2D eigenvalue weighted by Crippen LogP contribution is -2.41. The van der Waals surface area contributed by atoms with Gasteiger partial charge in [-0.2, -0.15) is 13.2 Å². The second-order valence-corrected chi connectivity index (χ2v) is 5.04. The van der Waals surface area contributed by atoms with E-state index in [-0.39, 0.29) is 24.0 Å². The number of hydrogen-bond acceptors (Lipinski definition) is 3. The van der Waals surface area contributed by atoms with Crippen LogP contribution in [0.5, 0.6) is 0 Å². The number of alkyl halides is 3. The third-order valence-electron chi connectivity index (χ3n) is 3.07. The fourth-order valence-electron chi connectivity index (χ4n) is 1.99. The van der Waals surface area contributed by atoms with E-state index in [1.165, 1.54) is 12.1 Å². The molecule has 0 bridgehead atoms. The van der Waals surface area contributed by atoms with Crippen molar-refractivity contribution in [2.45, 2.75) is 25.1 Å². The highest BCUT2D eigenvalue weighted by molar-refractivity contribution is 5.92. The molecule has 1 aliphatic rings. The van der Waals surface area contributed by atoms with E-state index in [0.29, 0.717) is 12.8 Å². The summed E-state index contributed by atoms with van der Waals surface area (Å²) in [5.41, 5.74) is 5.47. The molecule has 1 aromatic rings. The van der Waals surface area contributed by atoms with Gasteiger partial charge in [-0.1, -0.05) is 0 Å². The van der Waals surface area contributed by atoms with Gasteiger partial charge in [0.2, 0.25) is 5.91 Å². The number of hydrogen-bond donors (Lipinski definition) is 2. The van der Waals surface area contributed by atoms with Crippen LogP contribution in [0.1, 0.15) is 12.8 Å². The van der Waals surface area contributed by atoms with Gasteiger partial charge >= 0.3 is 6.18 Å². The van der Waals surface area contributed by atoms with Crippen molar-refractivity contribution < 1.29 is 22.4 Å². The number of nitrogens with zero attached hydrogens (tertiary/aromatic N) is 1. The molecule has 0 saturated heterocycles. The Morgan fingerprint density at radius 2 is 2.05 bits per heavy atom. The smallest absolute Gasteiger partial charge is 0.396 e. The largest absolute Gasteiger partial charge is 0.401 e. The minimum atomic E-state index is -4.34. The molecule has 0 radical (unpaired) electrons. The maximum Gasteiger partial charge on any atom is 0.401 e. The first-order valence-corrected chi connectivity index (χ1v) is 6.40. The topological polar surface area (TPSA) is 58.4 Å². The molecule has 116 valence electrons. The summed E-state index contributed by atoms with van der Waals surface area (Å²) in [7, 11) is 0. The summed E-state index contributed by atoms with van der Waals surface area (Å²) in [6.45, 7) is -1.47. The van der Waals surface area contributed by atoms with Gasteiger partial charge < -0.3 is 11.1 Å². The lowest BCUT2D eigenvalue weighted by atomic mass is 10.2. The number of rotatable bonds is 5. The second-order valence-electron chi connectivity index (χ2n) is 5.04. The summed E-state index contributed by atoms with van der Waals surface area (Å²) < 4.78 is 50.3. The van der Waals surface area contributed by atoms with Crippen molar-refractivity contribution in [2.24, 2.45) is 0 Å². The zero-order valence-electron chi connectivity index (χ0n) is 11.1. The third-order valence-corrected chi connectivity index (χ3v) is 3.07. The van der Waals surface area contributed by atoms with Crippen LogP contribution in [0.3, 0.4) is 0 Å². The SMILES string of the molecule is Nc1cc(NC(=O)CN(CC(F)(F)F)C2CC2)ccc1F. The molecule has 3 N–H and O–H groups in total. The Morgan fingerprint density at radius 3 is 2.57 bits per heavy atom. The van der Waals surface area contributed by atoms with E-state index < -0.39 is 24.4 Å². The normalized spacial score (nSPS) is 15.3. The molecule has 4 nitrogen and oxygen atoms in total. The van der Waals surface area contributed by atoms with Gasteiger partial charge in [-0.25, -0.2) is 4.39 Å². The Labute approximate surface area is 118 Å². The van der Waals surface area contributed by atoms with Crippen LogP contribution in [0.25, 0.3) is 0 Å².